The highest BCUT2D eigenvalue weighted by molar-refractivity contribution is 6.09. The molecule has 1 saturated heterocycles. The molecule has 39 heavy (non-hydrogen) atoms. The van der Waals surface area contributed by atoms with Gasteiger partial charge in [0, 0.05) is 12.1 Å². The van der Waals surface area contributed by atoms with Crippen LogP contribution in [0.4, 0.5) is 5.69 Å². The molecule has 0 saturated carbocycles. The predicted octanol–water partition coefficient (Wildman–Crippen LogP) is 5.96. The SMILES string of the molecule is Cc1ccc(CN2C(=O)C(=Cc3ccc(C(=O)NCCCN4CCCCCC4)cc3)Oc3ccccc32)cc1. The van der Waals surface area contributed by atoms with Gasteiger partial charge in [0.2, 0.25) is 0 Å². The van der Waals surface area contributed by atoms with Crippen LogP contribution < -0.4 is 15.0 Å². The smallest absolute Gasteiger partial charge is 0.294 e. The molecule has 0 aliphatic carbocycles. The number of likely N-dealkylation sites (tertiary alicyclic amines) is 1. The van der Waals surface area contributed by atoms with Gasteiger partial charge in [-0.25, -0.2) is 0 Å². The summed E-state index contributed by atoms with van der Waals surface area (Å²) in [4.78, 5) is 30.4. The van der Waals surface area contributed by atoms with Crippen LogP contribution in [0, 0.1) is 6.92 Å². The summed E-state index contributed by atoms with van der Waals surface area (Å²) < 4.78 is 6.02. The van der Waals surface area contributed by atoms with Crippen LogP contribution >= 0.6 is 0 Å². The highest BCUT2D eigenvalue weighted by Gasteiger charge is 2.30. The quantitative estimate of drug-likeness (QED) is 0.292. The van der Waals surface area contributed by atoms with Gasteiger partial charge in [-0.2, -0.15) is 0 Å². The van der Waals surface area contributed by atoms with E-state index in [-0.39, 0.29) is 17.6 Å². The lowest BCUT2D eigenvalue weighted by Crippen LogP contribution is -2.36. The van der Waals surface area contributed by atoms with Crippen LogP contribution in [0.5, 0.6) is 5.75 Å². The van der Waals surface area contributed by atoms with Crippen molar-refractivity contribution in [2.24, 2.45) is 0 Å². The number of hydrogen-bond donors (Lipinski definition) is 1. The van der Waals surface area contributed by atoms with Gasteiger partial charge in [0.05, 0.1) is 12.2 Å². The van der Waals surface area contributed by atoms with E-state index in [4.69, 9.17) is 4.74 Å². The number of rotatable bonds is 8. The van der Waals surface area contributed by atoms with Gasteiger partial charge < -0.3 is 15.0 Å². The minimum absolute atomic E-state index is 0.0757. The van der Waals surface area contributed by atoms with E-state index >= 15 is 0 Å². The molecular weight excluding hydrogens is 486 g/mol. The van der Waals surface area contributed by atoms with E-state index < -0.39 is 0 Å². The summed E-state index contributed by atoms with van der Waals surface area (Å²) in [6, 6.07) is 23.1. The minimum atomic E-state index is -0.194. The molecule has 0 spiro atoms. The minimum Gasteiger partial charge on any atom is -0.449 e. The molecule has 5 rings (SSSR count). The van der Waals surface area contributed by atoms with E-state index in [1.54, 1.807) is 23.1 Å². The Bertz CT molecular complexity index is 1310. The molecule has 2 aliphatic rings. The fourth-order valence-electron chi connectivity index (χ4n) is 5.14. The lowest BCUT2D eigenvalue weighted by atomic mass is 10.1. The maximum absolute atomic E-state index is 13.5. The number of fused-ring (bicyclic) bond motifs is 1. The van der Waals surface area contributed by atoms with E-state index in [1.807, 2.05) is 55.5 Å². The average molecular weight is 524 g/mol. The Hall–Kier alpha value is -3.90. The Balaban J connectivity index is 1.22. The van der Waals surface area contributed by atoms with Crippen molar-refractivity contribution in [2.45, 2.75) is 45.6 Å². The van der Waals surface area contributed by atoms with Crippen LogP contribution in [-0.4, -0.2) is 42.9 Å². The molecule has 2 heterocycles. The van der Waals surface area contributed by atoms with Crippen molar-refractivity contribution in [2.75, 3.05) is 31.1 Å². The first-order valence-electron chi connectivity index (χ1n) is 14.0. The summed E-state index contributed by atoms with van der Waals surface area (Å²) in [5.74, 6) is 0.631. The van der Waals surface area contributed by atoms with Crippen molar-refractivity contribution >= 4 is 23.6 Å². The standard InChI is InChI=1S/C33H37N3O3/c1-25-11-13-27(14-12-25)24-36-29-9-4-5-10-30(29)39-31(33(36)38)23-26-15-17-28(18-16-26)32(37)34-19-8-22-35-20-6-2-3-7-21-35/h4-5,9-18,23H,2-3,6-8,19-22,24H2,1H3,(H,34,37). The summed E-state index contributed by atoms with van der Waals surface area (Å²) in [6.07, 6.45) is 7.92. The van der Waals surface area contributed by atoms with Crippen LogP contribution in [0.15, 0.2) is 78.6 Å². The molecule has 6 nitrogen and oxygen atoms in total. The van der Waals surface area contributed by atoms with E-state index in [1.165, 1.54) is 44.3 Å². The summed E-state index contributed by atoms with van der Waals surface area (Å²) >= 11 is 0. The van der Waals surface area contributed by atoms with Gasteiger partial charge in [0.1, 0.15) is 0 Å². The van der Waals surface area contributed by atoms with Crippen LogP contribution in [-0.2, 0) is 11.3 Å². The molecule has 2 aliphatic heterocycles. The number of carbonyl (C=O) groups excluding carboxylic acids is 2. The first-order valence-corrected chi connectivity index (χ1v) is 14.0. The van der Waals surface area contributed by atoms with Crippen molar-refractivity contribution in [3.8, 4) is 5.75 Å². The molecular formula is C33H37N3O3. The number of hydrogen-bond acceptors (Lipinski definition) is 4. The molecule has 3 aromatic carbocycles. The fraction of sp³-hybridized carbons (Fsp3) is 0.333. The summed E-state index contributed by atoms with van der Waals surface area (Å²) in [6.45, 7) is 6.54. The third kappa shape index (κ3) is 6.95. The lowest BCUT2D eigenvalue weighted by Gasteiger charge is -2.30. The van der Waals surface area contributed by atoms with E-state index in [0.29, 0.717) is 24.4 Å². The number of anilines is 1. The Morgan fingerprint density at radius 2 is 1.64 bits per heavy atom. The Morgan fingerprint density at radius 1 is 0.923 bits per heavy atom. The van der Waals surface area contributed by atoms with E-state index in [2.05, 4.69) is 22.3 Å². The van der Waals surface area contributed by atoms with Gasteiger partial charge >= 0.3 is 0 Å². The molecule has 0 unspecified atom stereocenters. The van der Waals surface area contributed by atoms with Gasteiger partial charge in [-0.05, 0) is 87.3 Å². The average Bonchev–Trinajstić information content (AvgIpc) is 3.23. The van der Waals surface area contributed by atoms with Crippen molar-refractivity contribution in [1.29, 1.82) is 0 Å². The maximum atomic E-state index is 13.5. The molecule has 202 valence electrons. The van der Waals surface area contributed by atoms with Crippen molar-refractivity contribution in [3.63, 3.8) is 0 Å². The first-order chi connectivity index (χ1) is 19.1. The highest BCUT2D eigenvalue weighted by Crippen LogP contribution is 2.36. The zero-order valence-electron chi connectivity index (χ0n) is 22.7. The second kappa shape index (κ2) is 12.8. The third-order valence-electron chi connectivity index (χ3n) is 7.40. The predicted molar refractivity (Wildman–Crippen MR) is 156 cm³/mol. The van der Waals surface area contributed by atoms with E-state index in [0.717, 1.165) is 29.8 Å². The second-order valence-corrected chi connectivity index (χ2v) is 10.4. The fourth-order valence-corrected chi connectivity index (χ4v) is 5.14. The second-order valence-electron chi connectivity index (χ2n) is 10.4. The van der Waals surface area contributed by atoms with Gasteiger partial charge in [0.25, 0.3) is 11.8 Å². The van der Waals surface area contributed by atoms with Crippen LogP contribution in [0.3, 0.4) is 0 Å². The lowest BCUT2D eigenvalue weighted by molar-refractivity contribution is -0.117. The van der Waals surface area contributed by atoms with Crippen molar-refractivity contribution in [3.05, 3.63) is 101 Å². The van der Waals surface area contributed by atoms with Crippen LogP contribution in [0.1, 0.15) is 59.2 Å². The van der Waals surface area contributed by atoms with Gasteiger partial charge in [-0.15, -0.1) is 0 Å². The van der Waals surface area contributed by atoms with Crippen LogP contribution in [0.25, 0.3) is 6.08 Å². The summed E-state index contributed by atoms with van der Waals surface area (Å²) in [7, 11) is 0. The summed E-state index contributed by atoms with van der Waals surface area (Å²) in [5.41, 5.74) is 4.38. The largest absolute Gasteiger partial charge is 0.449 e. The normalized spacial score (nSPS) is 16.9. The molecule has 2 amide bonds. The molecule has 1 fully saturated rings. The molecule has 0 aromatic heterocycles. The number of amides is 2. The van der Waals surface area contributed by atoms with Gasteiger partial charge in [0.15, 0.2) is 11.5 Å². The number of ether oxygens (including phenoxy) is 1. The summed E-state index contributed by atoms with van der Waals surface area (Å²) in [5, 5.41) is 3.04. The Kier molecular flexibility index (Phi) is 8.74. The molecule has 0 radical (unpaired) electrons. The monoisotopic (exact) mass is 523 g/mol. The molecule has 3 aromatic rings. The van der Waals surface area contributed by atoms with E-state index in [9.17, 15) is 9.59 Å². The topological polar surface area (TPSA) is 61.9 Å². The third-order valence-corrected chi connectivity index (χ3v) is 7.40. The molecule has 6 heteroatoms. The Morgan fingerprint density at radius 3 is 2.38 bits per heavy atom. The molecule has 1 N–H and O–H groups in total. The zero-order valence-corrected chi connectivity index (χ0v) is 22.7. The van der Waals surface area contributed by atoms with Gasteiger partial charge in [-0.3, -0.25) is 14.5 Å². The number of aryl methyl sites for hydroxylation is 1. The number of nitrogens with one attached hydrogen (secondary N) is 1. The zero-order chi connectivity index (χ0) is 27.0. The van der Waals surface area contributed by atoms with Crippen molar-refractivity contribution in [1.82, 2.24) is 10.2 Å². The molecule has 0 bridgehead atoms. The van der Waals surface area contributed by atoms with Crippen molar-refractivity contribution < 1.29 is 14.3 Å². The maximum Gasteiger partial charge on any atom is 0.294 e. The molecule has 0 atom stereocenters. The highest BCUT2D eigenvalue weighted by atomic mass is 16.5. The number of para-hydroxylation sites is 2. The number of carbonyl (C=O) groups is 2. The number of nitrogens with zero attached hydrogens (tertiary/aromatic N) is 2. The van der Waals surface area contributed by atoms with Crippen LogP contribution in [0.2, 0.25) is 0 Å². The Labute approximate surface area is 231 Å². The van der Waals surface area contributed by atoms with Gasteiger partial charge in [-0.1, -0.05) is 66.9 Å². The first kappa shape index (κ1) is 26.7. The number of benzene rings is 3.